The molecule has 0 atom stereocenters. The van der Waals surface area contributed by atoms with Crippen molar-refractivity contribution in [3.63, 3.8) is 0 Å². The van der Waals surface area contributed by atoms with E-state index in [0.717, 1.165) is 13.1 Å². The van der Waals surface area contributed by atoms with Crippen molar-refractivity contribution in [2.75, 3.05) is 13.2 Å². The predicted molar refractivity (Wildman–Crippen MR) is 109 cm³/mol. The number of ether oxygens (including phenoxy) is 2. The van der Waals surface area contributed by atoms with Crippen LogP contribution in [0.5, 0.6) is 17.4 Å². The van der Waals surface area contributed by atoms with Gasteiger partial charge in [0.15, 0.2) is 11.5 Å². The SMILES string of the molecule is CCOc1cc(CN(CC)C2CCCC2)ccc1Oc1ccc(C(N)=O)cn1. The average Bonchev–Trinajstić information content (AvgIpc) is 3.23. The molecule has 0 saturated heterocycles. The fourth-order valence-electron chi connectivity index (χ4n) is 3.71. The van der Waals surface area contributed by atoms with Gasteiger partial charge in [-0.1, -0.05) is 25.8 Å². The monoisotopic (exact) mass is 383 g/mol. The van der Waals surface area contributed by atoms with E-state index >= 15 is 0 Å². The van der Waals surface area contributed by atoms with Crippen LogP contribution >= 0.6 is 0 Å². The third kappa shape index (κ3) is 5.01. The van der Waals surface area contributed by atoms with Crippen LogP contribution in [0.4, 0.5) is 0 Å². The van der Waals surface area contributed by atoms with E-state index < -0.39 is 5.91 Å². The topological polar surface area (TPSA) is 77.7 Å². The lowest BCUT2D eigenvalue weighted by molar-refractivity contribution is 0.1000. The summed E-state index contributed by atoms with van der Waals surface area (Å²) in [5.41, 5.74) is 6.81. The molecule has 0 aliphatic heterocycles. The Morgan fingerprint density at radius 1 is 1.18 bits per heavy atom. The minimum absolute atomic E-state index is 0.347. The summed E-state index contributed by atoms with van der Waals surface area (Å²) in [6, 6.07) is 9.96. The van der Waals surface area contributed by atoms with Gasteiger partial charge in [-0.2, -0.15) is 0 Å². The highest BCUT2D eigenvalue weighted by Crippen LogP contribution is 2.33. The smallest absolute Gasteiger partial charge is 0.250 e. The summed E-state index contributed by atoms with van der Waals surface area (Å²) in [6.07, 6.45) is 6.66. The largest absolute Gasteiger partial charge is 0.490 e. The number of nitrogens with two attached hydrogens (primary N) is 1. The van der Waals surface area contributed by atoms with Crippen LogP contribution in [0.1, 0.15) is 55.5 Å². The molecular formula is C22H29N3O3. The first kappa shape index (κ1) is 20.1. The van der Waals surface area contributed by atoms with E-state index in [-0.39, 0.29) is 0 Å². The summed E-state index contributed by atoms with van der Waals surface area (Å²) in [6.45, 7) is 6.68. The van der Waals surface area contributed by atoms with Gasteiger partial charge in [-0.25, -0.2) is 4.98 Å². The van der Waals surface area contributed by atoms with Gasteiger partial charge in [-0.3, -0.25) is 9.69 Å². The number of rotatable bonds is 9. The lowest BCUT2D eigenvalue weighted by atomic mass is 10.1. The second kappa shape index (κ2) is 9.55. The fourth-order valence-corrected chi connectivity index (χ4v) is 3.71. The van der Waals surface area contributed by atoms with Gasteiger partial charge in [0.25, 0.3) is 0 Å². The molecular weight excluding hydrogens is 354 g/mol. The van der Waals surface area contributed by atoms with Crippen molar-refractivity contribution in [3.8, 4) is 17.4 Å². The van der Waals surface area contributed by atoms with Crippen molar-refractivity contribution >= 4 is 5.91 Å². The highest BCUT2D eigenvalue weighted by Gasteiger charge is 2.21. The number of carbonyl (C=O) groups is 1. The fraction of sp³-hybridized carbons (Fsp3) is 0.455. The van der Waals surface area contributed by atoms with E-state index in [0.29, 0.717) is 35.6 Å². The molecule has 1 saturated carbocycles. The van der Waals surface area contributed by atoms with Gasteiger partial charge < -0.3 is 15.2 Å². The van der Waals surface area contributed by atoms with Crippen LogP contribution in [0.25, 0.3) is 0 Å². The van der Waals surface area contributed by atoms with Gasteiger partial charge in [0.1, 0.15) is 0 Å². The maximum atomic E-state index is 11.2. The highest BCUT2D eigenvalue weighted by molar-refractivity contribution is 5.92. The molecule has 1 amide bonds. The lowest BCUT2D eigenvalue weighted by Crippen LogP contribution is -2.32. The van der Waals surface area contributed by atoms with Gasteiger partial charge in [0.2, 0.25) is 11.8 Å². The summed E-state index contributed by atoms with van der Waals surface area (Å²) < 4.78 is 11.7. The normalized spacial score (nSPS) is 14.4. The van der Waals surface area contributed by atoms with Crippen molar-refractivity contribution in [1.29, 1.82) is 0 Å². The molecule has 3 rings (SSSR count). The van der Waals surface area contributed by atoms with Crippen LogP contribution in [0.3, 0.4) is 0 Å². The molecule has 2 aromatic rings. The third-order valence-corrected chi connectivity index (χ3v) is 5.18. The summed E-state index contributed by atoms with van der Waals surface area (Å²) >= 11 is 0. The molecule has 1 heterocycles. The van der Waals surface area contributed by atoms with Crippen LogP contribution in [0, 0.1) is 0 Å². The Balaban J connectivity index is 1.75. The Labute approximate surface area is 166 Å². The van der Waals surface area contributed by atoms with E-state index in [1.54, 1.807) is 12.1 Å². The second-order valence-electron chi connectivity index (χ2n) is 7.07. The van der Waals surface area contributed by atoms with Crippen molar-refractivity contribution in [2.45, 2.75) is 52.1 Å². The maximum absolute atomic E-state index is 11.2. The maximum Gasteiger partial charge on any atom is 0.250 e. The first-order valence-corrected chi connectivity index (χ1v) is 10.0. The Morgan fingerprint density at radius 2 is 1.96 bits per heavy atom. The number of aromatic nitrogens is 1. The van der Waals surface area contributed by atoms with Crippen LogP contribution < -0.4 is 15.2 Å². The Kier molecular flexibility index (Phi) is 6.87. The second-order valence-corrected chi connectivity index (χ2v) is 7.07. The van der Waals surface area contributed by atoms with Gasteiger partial charge in [0, 0.05) is 24.8 Å². The molecule has 0 unspecified atom stereocenters. The number of amides is 1. The van der Waals surface area contributed by atoms with Crippen LogP contribution in [-0.4, -0.2) is 35.0 Å². The predicted octanol–water partition coefficient (Wildman–Crippen LogP) is 4.14. The molecule has 1 aromatic heterocycles. The average molecular weight is 383 g/mol. The molecule has 1 aliphatic carbocycles. The van der Waals surface area contributed by atoms with E-state index in [1.807, 2.05) is 19.1 Å². The zero-order valence-electron chi connectivity index (χ0n) is 16.7. The standard InChI is InChI=1S/C22H29N3O3/c1-3-25(18-7-5-6-8-18)15-16-9-11-19(20(13-16)27-4-2)28-21-12-10-17(14-24-21)22(23)26/h9-14,18H,3-8,15H2,1-2H3,(H2,23,26). The van der Waals surface area contributed by atoms with Gasteiger partial charge in [-0.15, -0.1) is 0 Å². The number of carbonyl (C=O) groups excluding carboxylic acids is 1. The first-order valence-electron chi connectivity index (χ1n) is 10.0. The molecule has 28 heavy (non-hydrogen) atoms. The number of nitrogens with zero attached hydrogens (tertiary/aromatic N) is 2. The minimum Gasteiger partial charge on any atom is -0.490 e. The molecule has 0 bridgehead atoms. The Hall–Kier alpha value is -2.60. The zero-order chi connectivity index (χ0) is 19.9. The summed E-state index contributed by atoms with van der Waals surface area (Å²) in [5, 5.41) is 0. The van der Waals surface area contributed by atoms with E-state index in [4.69, 9.17) is 15.2 Å². The molecule has 150 valence electrons. The molecule has 2 N–H and O–H groups in total. The van der Waals surface area contributed by atoms with Crippen molar-refractivity contribution in [3.05, 3.63) is 47.7 Å². The van der Waals surface area contributed by atoms with Gasteiger partial charge in [0.05, 0.1) is 12.2 Å². The Morgan fingerprint density at radius 3 is 2.57 bits per heavy atom. The van der Waals surface area contributed by atoms with Crippen LogP contribution in [0.15, 0.2) is 36.5 Å². The summed E-state index contributed by atoms with van der Waals surface area (Å²) in [4.78, 5) is 17.9. The zero-order valence-corrected chi connectivity index (χ0v) is 16.7. The number of pyridine rings is 1. The van der Waals surface area contributed by atoms with E-state index in [9.17, 15) is 4.79 Å². The molecule has 0 radical (unpaired) electrons. The van der Waals surface area contributed by atoms with Crippen LogP contribution in [0.2, 0.25) is 0 Å². The minimum atomic E-state index is -0.513. The highest BCUT2D eigenvalue weighted by atomic mass is 16.5. The molecule has 1 aromatic carbocycles. The molecule has 0 spiro atoms. The van der Waals surface area contributed by atoms with Crippen LogP contribution in [-0.2, 0) is 6.54 Å². The van der Waals surface area contributed by atoms with Crippen molar-refractivity contribution in [1.82, 2.24) is 9.88 Å². The molecule has 1 fully saturated rings. The molecule has 1 aliphatic rings. The molecule has 6 heteroatoms. The quantitative estimate of drug-likeness (QED) is 0.704. The van der Waals surface area contributed by atoms with E-state index in [1.165, 1.54) is 37.4 Å². The summed E-state index contributed by atoms with van der Waals surface area (Å²) in [5.74, 6) is 1.18. The Bertz CT molecular complexity index is 786. The first-order chi connectivity index (χ1) is 13.6. The summed E-state index contributed by atoms with van der Waals surface area (Å²) in [7, 11) is 0. The van der Waals surface area contributed by atoms with Crippen molar-refractivity contribution < 1.29 is 14.3 Å². The number of hydrogen-bond acceptors (Lipinski definition) is 5. The van der Waals surface area contributed by atoms with E-state index in [2.05, 4.69) is 22.9 Å². The number of primary amides is 1. The van der Waals surface area contributed by atoms with Gasteiger partial charge >= 0.3 is 0 Å². The van der Waals surface area contributed by atoms with Gasteiger partial charge in [-0.05, 0) is 50.1 Å². The van der Waals surface area contributed by atoms with Crippen molar-refractivity contribution in [2.24, 2.45) is 5.73 Å². The third-order valence-electron chi connectivity index (χ3n) is 5.18. The molecule has 6 nitrogen and oxygen atoms in total. The lowest BCUT2D eigenvalue weighted by Gasteiger charge is -2.27. The number of hydrogen-bond donors (Lipinski definition) is 1. The number of benzene rings is 1.